The first kappa shape index (κ1) is 29.8. The second-order valence-corrected chi connectivity index (χ2v) is 13.2. The predicted molar refractivity (Wildman–Crippen MR) is 173 cm³/mol. The Morgan fingerprint density at radius 3 is 2.04 bits per heavy atom. The summed E-state index contributed by atoms with van der Waals surface area (Å²) < 4.78 is 17.7. The predicted octanol–water partition coefficient (Wildman–Crippen LogP) is 7.25. The van der Waals surface area contributed by atoms with Crippen LogP contribution in [-0.4, -0.2) is 70.6 Å². The van der Waals surface area contributed by atoms with E-state index in [1.165, 1.54) is 22.3 Å². The van der Waals surface area contributed by atoms with E-state index in [0.717, 1.165) is 16.7 Å². The van der Waals surface area contributed by atoms with E-state index >= 15 is 0 Å². The average Bonchev–Trinajstić information content (AvgIpc) is 3.62. The maximum atomic E-state index is 13.0. The first-order valence-electron chi connectivity index (χ1n) is 15.9. The number of nitrogens with zero attached hydrogens (tertiary/aromatic N) is 4. The number of amides is 2. The standard InChI is InChI=1S/C37H38N4O5/c1-37(2,3)46-36(43)40-19-17-25(18-20-40)32(24-11-5-4-6-12-24)34-39-38-33(45-34)26-21-41(22-26)35(42)44-23-31-29-15-9-7-13-27(29)28-14-8-10-16-30(28)31/h4-16,26,31H,17-23H2,1-3H3. The number of piperidine rings is 1. The molecule has 2 fully saturated rings. The van der Waals surface area contributed by atoms with Crippen molar-refractivity contribution in [3.05, 3.63) is 113 Å². The molecule has 0 unspecified atom stereocenters. The minimum atomic E-state index is -0.537. The van der Waals surface area contributed by atoms with Crippen LogP contribution in [0.3, 0.4) is 0 Å². The van der Waals surface area contributed by atoms with E-state index in [0.29, 0.717) is 50.8 Å². The van der Waals surface area contributed by atoms with Crippen LogP contribution in [0.2, 0.25) is 0 Å². The van der Waals surface area contributed by atoms with Crippen LogP contribution in [0, 0.1) is 0 Å². The van der Waals surface area contributed by atoms with Gasteiger partial charge < -0.3 is 23.7 Å². The summed E-state index contributed by atoms with van der Waals surface area (Å²) >= 11 is 0. The molecule has 0 saturated carbocycles. The van der Waals surface area contributed by atoms with E-state index in [1.807, 2.05) is 75.4 Å². The van der Waals surface area contributed by atoms with Gasteiger partial charge in [0.15, 0.2) is 0 Å². The van der Waals surface area contributed by atoms with E-state index < -0.39 is 5.60 Å². The van der Waals surface area contributed by atoms with Gasteiger partial charge in [0, 0.05) is 37.7 Å². The molecular formula is C37H38N4O5. The van der Waals surface area contributed by atoms with Gasteiger partial charge in [0.25, 0.3) is 0 Å². The van der Waals surface area contributed by atoms with Crippen molar-refractivity contribution in [3.8, 4) is 11.1 Å². The van der Waals surface area contributed by atoms with Crippen molar-refractivity contribution in [2.75, 3.05) is 32.8 Å². The molecule has 4 aromatic rings. The number of carbonyl (C=O) groups is 2. The van der Waals surface area contributed by atoms with Crippen LogP contribution >= 0.6 is 0 Å². The molecule has 0 spiro atoms. The molecule has 3 heterocycles. The fourth-order valence-electron chi connectivity index (χ4n) is 6.59. The second kappa shape index (κ2) is 12.1. The highest BCUT2D eigenvalue weighted by molar-refractivity contribution is 5.80. The number of rotatable bonds is 5. The van der Waals surface area contributed by atoms with Crippen molar-refractivity contribution < 1.29 is 23.5 Å². The van der Waals surface area contributed by atoms with E-state index in [9.17, 15) is 9.59 Å². The van der Waals surface area contributed by atoms with Gasteiger partial charge in [0.05, 0.1) is 5.92 Å². The highest BCUT2D eigenvalue weighted by atomic mass is 16.6. The Hall–Kier alpha value is -4.92. The van der Waals surface area contributed by atoms with Crippen LogP contribution in [0.25, 0.3) is 16.7 Å². The van der Waals surface area contributed by atoms with Crippen LogP contribution in [-0.2, 0) is 9.47 Å². The summed E-state index contributed by atoms with van der Waals surface area (Å²) in [6.45, 7) is 7.94. The molecule has 0 radical (unpaired) electrons. The molecule has 1 aromatic heterocycles. The lowest BCUT2D eigenvalue weighted by Gasteiger charge is -2.36. The molecule has 0 N–H and O–H groups in total. The Kier molecular flexibility index (Phi) is 7.84. The highest BCUT2D eigenvalue weighted by Crippen LogP contribution is 2.44. The zero-order valence-corrected chi connectivity index (χ0v) is 26.4. The number of ether oxygens (including phenoxy) is 2. The third-order valence-electron chi connectivity index (χ3n) is 8.91. The molecule has 2 aliphatic heterocycles. The van der Waals surface area contributed by atoms with Crippen LogP contribution in [0.4, 0.5) is 9.59 Å². The van der Waals surface area contributed by atoms with E-state index in [2.05, 4.69) is 34.5 Å². The summed E-state index contributed by atoms with van der Waals surface area (Å²) in [5.41, 5.74) is 7.32. The summed E-state index contributed by atoms with van der Waals surface area (Å²) in [7, 11) is 0. The van der Waals surface area contributed by atoms with Crippen LogP contribution in [0.5, 0.6) is 0 Å². The molecule has 0 bridgehead atoms. The largest absolute Gasteiger partial charge is 0.448 e. The Morgan fingerprint density at radius 1 is 0.804 bits per heavy atom. The zero-order chi connectivity index (χ0) is 31.8. The molecule has 9 heteroatoms. The van der Waals surface area contributed by atoms with Gasteiger partial charge in [-0.15, -0.1) is 10.2 Å². The van der Waals surface area contributed by atoms with Crippen molar-refractivity contribution in [2.45, 2.75) is 51.0 Å². The Labute approximate surface area is 268 Å². The molecule has 46 heavy (non-hydrogen) atoms. The van der Waals surface area contributed by atoms with Crippen molar-refractivity contribution in [3.63, 3.8) is 0 Å². The van der Waals surface area contributed by atoms with Gasteiger partial charge in [-0.2, -0.15) is 0 Å². The zero-order valence-electron chi connectivity index (χ0n) is 26.4. The third-order valence-corrected chi connectivity index (χ3v) is 8.91. The SMILES string of the molecule is CC(C)(C)OC(=O)N1CCC(=C(c2ccccc2)c2nnc(C3CN(C(=O)OCC4c5ccccc5-c5ccccc54)C3)o2)CC1. The first-order chi connectivity index (χ1) is 22.2. The van der Waals surface area contributed by atoms with Gasteiger partial charge in [-0.25, -0.2) is 9.59 Å². The minimum Gasteiger partial charge on any atom is -0.448 e. The topological polar surface area (TPSA) is 98.0 Å². The summed E-state index contributed by atoms with van der Waals surface area (Å²) in [5, 5.41) is 8.86. The number of hydrogen-bond donors (Lipinski definition) is 0. The van der Waals surface area contributed by atoms with E-state index in [-0.39, 0.29) is 30.6 Å². The molecular weight excluding hydrogens is 580 g/mol. The molecule has 1 aliphatic carbocycles. The van der Waals surface area contributed by atoms with Crippen molar-refractivity contribution in [1.29, 1.82) is 0 Å². The molecule has 3 aromatic carbocycles. The van der Waals surface area contributed by atoms with Gasteiger partial charge in [0.1, 0.15) is 12.2 Å². The van der Waals surface area contributed by atoms with Gasteiger partial charge in [-0.3, -0.25) is 0 Å². The van der Waals surface area contributed by atoms with Crippen molar-refractivity contribution in [2.24, 2.45) is 0 Å². The lowest BCUT2D eigenvalue weighted by atomic mass is 9.93. The Balaban J connectivity index is 1.00. The number of likely N-dealkylation sites (tertiary alicyclic amines) is 2. The first-order valence-corrected chi connectivity index (χ1v) is 15.9. The summed E-state index contributed by atoms with van der Waals surface area (Å²) in [4.78, 5) is 29.1. The van der Waals surface area contributed by atoms with Gasteiger partial charge in [-0.1, -0.05) is 84.4 Å². The molecule has 9 nitrogen and oxygen atoms in total. The average molecular weight is 619 g/mol. The quantitative estimate of drug-likeness (QED) is 0.232. The van der Waals surface area contributed by atoms with Gasteiger partial charge >= 0.3 is 12.2 Å². The summed E-state index contributed by atoms with van der Waals surface area (Å²) in [6, 6.07) is 26.7. The normalized spacial score (nSPS) is 16.5. The van der Waals surface area contributed by atoms with Crippen LogP contribution in [0.15, 0.2) is 88.9 Å². The maximum Gasteiger partial charge on any atom is 0.410 e. The van der Waals surface area contributed by atoms with Gasteiger partial charge in [-0.05, 0) is 61.4 Å². The molecule has 3 aliphatic rings. The number of carbonyl (C=O) groups excluding carboxylic acids is 2. The van der Waals surface area contributed by atoms with Crippen molar-refractivity contribution in [1.82, 2.24) is 20.0 Å². The number of hydrogen-bond acceptors (Lipinski definition) is 7. The van der Waals surface area contributed by atoms with E-state index in [1.54, 1.807) is 9.80 Å². The minimum absolute atomic E-state index is 0.0207. The Bertz CT molecular complexity index is 1730. The van der Waals surface area contributed by atoms with E-state index in [4.69, 9.17) is 13.9 Å². The highest BCUT2D eigenvalue weighted by Gasteiger charge is 2.38. The molecule has 236 valence electrons. The van der Waals surface area contributed by atoms with Gasteiger partial charge in [0.2, 0.25) is 11.8 Å². The fourth-order valence-corrected chi connectivity index (χ4v) is 6.59. The fraction of sp³-hybridized carbons (Fsp3) is 0.351. The van der Waals surface area contributed by atoms with Crippen molar-refractivity contribution >= 4 is 17.8 Å². The number of aromatic nitrogens is 2. The van der Waals surface area contributed by atoms with Crippen LogP contribution in [0.1, 0.15) is 73.9 Å². The molecule has 2 amide bonds. The number of fused-ring (bicyclic) bond motifs is 3. The van der Waals surface area contributed by atoms with Crippen LogP contribution < -0.4 is 0 Å². The molecule has 0 atom stereocenters. The Morgan fingerprint density at radius 2 is 1.41 bits per heavy atom. The molecule has 2 saturated heterocycles. The second-order valence-electron chi connectivity index (χ2n) is 13.2. The monoisotopic (exact) mass is 618 g/mol. The summed E-state index contributed by atoms with van der Waals surface area (Å²) in [5.74, 6) is 0.935. The molecule has 7 rings (SSSR count). The lowest BCUT2D eigenvalue weighted by molar-refractivity contribution is 0.0236. The third kappa shape index (κ3) is 5.89. The summed E-state index contributed by atoms with van der Waals surface area (Å²) in [6.07, 6.45) is 0.737. The number of benzene rings is 3. The smallest absolute Gasteiger partial charge is 0.410 e. The maximum absolute atomic E-state index is 13.0. The lowest BCUT2D eigenvalue weighted by Crippen LogP contribution is -2.49.